The highest BCUT2D eigenvalue weighted by Crippen LogP contribution is 2.15. The summed E-state index contributed by atoms with van der Waals surface area (Å²) in [7, 11) is 4.12. The Morgan fingerprint density at radius 3 is 2.72 bits per heavy atom. The minimum absolute atomic E-state index is 0.164. The first-order valence-electron chi connectivity index (χ1n) is 11.1. The molecule has 164 valence electrons. The lowest BCUT2D eigenvalue weighted by Gasteiger charge is -2.20. The van der Waals surface area contributed by atoms with Gasteiger partial charge >= 0.3 is 5.97 Å². The van der Waals surface area contributed by atoms with Crippen molar-refractivity contribution in [2.24, 2.45) is 0 Å². The number of likely N-dealkylation sites (N-methyl/N-ethyl adjacent to an activating group) is 1. The summed E-state index contributed by atoms with van der Waals surface area (Å²) < 4.78 is 7.28. The summed E-state index contributed by atoms with van der Waals surface area (Å²) >= 11 is 0. The van der Waals surface area contributed by atoms with E-state index < -0.39 is 0 Å². The SMILES string of the molecule is CCCCCCCOC(=O)CCn1ccnc1CCC(=O)N1CC[C@H](N(C)C)C1. The fourth-order valence-electron chi connectivity index (χ4n) is 3.71. The van der Waals surface area contributed by atoms with Gasteiger partial charge in [-0.15, -0.1) is 0 Å². The van der Waals surface area contributed by atoms with Crippen LogP contribution in [-0.4, -0.2) is 71.1 Å². The third-order valence-electron chi connectivity index (χ3n) is 5.68. The number of imidazole rings is 1. The lowest BCUT2D eigenvalue weighted by molar-refractivity contribution is -0.144. The average Bonchev–Trinajstić information content (AvgIpc) is 3.36. The molecule has 0 bridgehead atoms. The van der Waals surface area contributed by atoms with Crippen LogP contribution in [0.15, 0.2) is 12.4 Å². The van der Waals surface area contributed by atoms with E-state index in [1.165, 1.54) is 19.3 Å². The third-order valence-corrected chi connectivity index (χ3v) is 5.68. The number of hydrogen-bond donors (Lipinski definition) is 0. The second-order valence-electron chi connectivity index (χ2n) is 8.17. The van der Waals surface area contributed by atoms with Crippen molar-refractivity contribution in [3.8, 4) is 0 Å². The Hall–Kier alpha value is -1.89. The molecule has 7 nitrogen and oxygen atoms in total. The van der Waals surface area contributed by atoms with E-state index in [0.29, 0.717) is 38.5 Å². The number of amides is 1. The number of rotatable bonds is 13. The minimum Gasteiger partial charge on any atom is -0.466 e. The number of hydrogen-bond acceptors (Lipinski definition) is 5. The van der Waals surface area contributed by atoms with Crippen molar-refractivity contribution in [3.05, 3.63) is 18.2 Å². The number of esters is 1. The maximum Gasteiger partial charge on any atom is 0.307 e. The van der Waals surface area contributed by atoms with Crippen LogP contribution >= 0.6 is 0 Å². The summed E-state index contributed by atoms with van der Waals surface area (Å²) in [5.41, 5.74) is 0. The molecule has 0 saturated carbocycles. The molecule has 0 N–H and O–H groups in total. The predicted molar refractivity (Wildman–Crippen MR) is 114 cm³/mol. The number of likely N-dealkylation sites (tertiary alicyclic amines) is 1. The highest BCUT2D eigenvalue weighted by Gasteiger charge is 2.27. The molecule has 1 fully saturated rings. The lowest BCUT2D eigenvalue weighted by Crippen LogP contribution is -2.34. The molecule has 29 heavy (non-hydrogen) atoms. The standard InChI is InChI=1S/C22H38N4O3/c1-4-5-6-7-8-17-29-22(28)12-15-25-16-13-23-20(25)9-10-21(27)26-14-11-19(18-26)24(2)3/h13,16,19H,4-12,14-15,17-18H2,1-3H3/t19-/m0/s1. The van der Waals surface area contributed by atoms with E-state index >= 15 is 0 Å². The van der Waals surface area contributed by atoms with Gasteiger partial charge in [-0.3, -0.25) is 9.59 Å². The molecule has 0 aliphatic carbocycles. The van der Waals surface area contributed by atoms with Gasteiger partial charge in [-0.05, 0) is 26.9 Å². The summed E-state index contributed by atoms with van der Waals surface area (Å²) in [6, 6.07) is 0.457. The normalized spacial score (nSPS) is 16.6. The molecular weight excluding hydrogens is 368 g/mol. The maximum absolute atomic E-state index is 12.5. The van der Waals surface area contributed by atoms with Gasteiger partial charge in [-0.25, -0.2) is 4.98 Å². The molecule has 1 atom stereocenters. The first-order chi connectivity index (χ1) is 14.0. The van der Waals surface area contributed by atoms with Crippen molar-refractivity contribution >= 4 is 11.9 Å². The second-order valence-corrected chi connectivity index (χ2v) is 8.17. The topological polar surface area (TPSA) is 67.7 Å². The fraction of sp³-hybridized carbons (Fsp3) is 0.773. The smallest absolute Gasteiger partial charge is 0.307 e. The lowest BCUT2D eigenvalue weighted by atomic mass is 10.2. The van der Waals surface area contributed by atoms with Gasteiger partial charge in [0.1, 0.15) is 5.82 Å². The van der Waals surface area contributed by atoms with Gasteiger partial charge in [-0.1, -0.05) is 32.6 Å². The van der Waals surface area contributed by atoms with Crippen LogP contribution < -0.4 is 0 Å². The Bertz CT molecular complexity index is 629. The van der Waals surface area contributed by atoms with Crippen LogP contribution in [0, 0.1) is 0 Å². The van der Waals surface area contributed by atoms with Crippen LogP contribution in [0.25, 0.3) is 0 Å². The Labute approximate surface area is 175 Å². The van der Waals surface area contributed by atoms with Crippen LogP contribution in [0.2, 0.25) is 0 Å². The summed E-state index contributed by atoms with van der Waals surface area (Å²) in [5.74, 6) is 0.878. The average molecular weight is 407 g/mol. The summed E-state index contributed by atoms with van der Waals surface area (Å²) in [6.07, 6.45) is 11.8. The number of carbonyl (C=O) groups is 2. The molecule has 0 aromatic carbocycles. The molecule has 1 aliphatic rings. The fourth-order valence-corrected chi connectivity index (χ4v) is 3.71. The third kappa shape index (κ3) is 8.17. The monoisotopic (exact) mass is 406 g/mol. The molecule has 1 saturated heterocycles. The van der Waals surface area contributed by atoms with E-state index in [1.807, 2.05) is 15.7 Å². The van der Waals surface area contributed by atoms with Crippen molar-refractivity contribution in [2.75, 3.05) is 33.8 Å². The van der Waals surface area contributed by atoms with E-state index in [2.05, 4.69) is 30.9 Å². The first-order valence-corrected chi connectivity index (χ1v) is 11.1. The zero-order chi connectivity index (χ0) is 21.1. The summed E-state index contributed by atoms with van der Waals surface area (Å²) in [6.45, 7) is 4.89. The van der Waals surface area contributed by atoms with Crippen LogP contribution in [0.5, 0.6) is 0 Å². The van der Waals surface area contributed by atoms with Gasteiger partial charge in [0.15, 0.2) is 0 Å². The Morgan fingerprint density at radius 1 is 1.21 bits per heavy atom. The molecule has 1 aromatic heterocycles. The minimum atomic E-state index is -0.164. The van der Waals surface area contributed by atoms with E-state index in [-0.39, 0.29) is 11.9 Å². The molecular formula is C22H38N4O3. The van der Waals surface area contributed by atoms with Gasteiger partial charge in [0.05, 0.1) is 13.0 Å². The summed E-state index contributed by atoms with van der Waals surface area (Å²) in [4.78, 5) is 32.9. The zero-order valence-electron chi connectivity index (χ0n) is 18.4. The molecule has 2 heterocycles. The molecule has 7 heteroatoms. The van der Waals surface area contributed by atoms with Gasteiger partial charge in [-0.2, -0.15) is 0 Å². The van der Waals surface area contributed by atoms with Crippen LogP contribution in [0.3, 0.4) is 0 Å². The van der Waals surface area contributed by atoms with Crippen molar-refractivity contribution in [1.29, 1.82) is 0 Å². The summed E-state index contributed by atoms with van der Waals surface area (Å²) in [5, 5.41) is 0. The van der Waals surface area contributed by atoms with Gasteiger partial charge in [0.25, 0.3) is 0 Å². The van der Waals surface area contributed by atoms with Crippen LogP contribution in [-0.2, 0) is 27.3 Å². The molecule has 0 unspecified atom stereocenters. The van der Waals surface area contributed by atoms with E-state index in [0.717, 1.165) is 38.2 Å². The van der Waals surface area contributed by atoms with Crippen molar-refractivity contribution in [3.63, 3.8) is 0 Å². The first kappa shape index (κ1) is 23.4. The Kier molecular flexibility index (Phi) is 10.2. The maximum atomic E-state index is 12.5. The zero-order valence-corrected chi connectivity index (χ0v) is 18.4. The Balaban J connectivity index is 1.66. The molecule has 1 aliphatic heterocycles. The van der Waals surface area contributed by atoms with Gasteiger partial charge < -0.3 is 19.1 Å². The number of aryl methyl sites for hydroxylation is 2. The molecule has 2 rings (SSSR count). The number of nitrogens with zero attached hydrogens (tertiary/aromatic N) is 4. The van der Waals surface area contributed by atoms with Crippen molar-refractivity contribution in [1.82, 2.24) is 19.4 Å². The number of unbranched alkanes of at least 4 members (excludes halogenated alkanes) is 4. The largest absolute Gasteiger partial charge is 0.466 e. The molecule has 1 aromatic rings. The molecule has 0 spiro atoms. The molecule has 1 amide bonds. The van der Waals surface area contributed by atoms with Gasteiger partial charge in [0, 0.05) is 50.9 Å². The number of carbonyl (C=O) groups excluding carboxylic acids is 2. The predicted octanol–water partition coefficient (Wildman–Crippen LogP) is 2.88. The van der Waals surface area contributed by atoms with Gasteiger partial charge in [0.2, 0.25) is 5.91 Å². The van der Waals surface area contributed by atoms with E-state index in [9.17, 15) is 9.59 Å². The molecule has 0 radical (unpaired) electrons. The van der Waals surface area contributed by atoms with E-state index in [1.54, 1.807) is 6.20 Å². The van der Waals surface area contributed by atoms with Crippen LogP contribution in [0.1, 0.15) is 64.1 Å². The quantitative estimate of drug-likeness (QED) is 0.372. The number of aromatic nitrogens is 2. The Morgan fingerprint density at radius 2 is 2.00 bits per heavy atom. The van der Waals surface area contributed by atoms with Crippen molar-refractivity contribution in [2.45, 2.75) is 77.3 Å². The van der Waals surface area contributed by atoms with E-state index in [4.69, 9.17) is 4.74 Å². The number of ether oxygens (including phenoxy) is 1. The highest BCUT2D eigenvalue weighted by atomic mass is 16.5. The highest BCUT2D eigenvalue weighted by molar-refractivity contribution is 5.76. The van der Waals surface area contributed by atoms with Crippen LogP contribution in [0.4, 0.5) is 0 Å². The second kappa shape index (κ2) is 12.6. The van der Waals surface area contributed by atoms with Crippen molar-refractivity contribution < 1.29 is 14.3 Å².